The Kier molecular flexibility index (Phi) is 4.95. The maximum absolute atomic E-state index is 8.80. The first-order chi connectivity index (χ1) is 3.81. The molecule has 0 radical (unpaired) electrons. The molecule has 0 bridgehead atoms. The van der Waals surface area contributed by atoms with Crippen molar-refractivity contribution in [2.45, 2.75) is 6.10 Å². The van der Waals surface area contributed by atoms with Gasteiger partial charge in [-0.15, -0.1) is 0 Å². The minimum atomic E-state index is -0.481. The highest BCUT2D eigenvalue weighted by molar-refractivity contribution is 4.47. The summed E-state index contributed by atoms with van der Waals surface area (Å²) < 4.78 is 9.25. The van der Waals surface area contributed by atoms with Gasteiger partial charge in [0.05, 0.1) is 13.2 Å². The van der Waals surface area contributed by atoms with Crippen molar-refractivity contribution in [3.05, 3.63) is 0 Å². The standard InChI is InChI=1S/C5H12O3/c1-7-3-5(6)4-8-2/h5-6H,3-4H2,1-2H3/i1+1/t5-/m1/s1. The highest BCUT2D eigenvalue weighted by Gasteiger charge is 1.99. The summed E-state index contributed by atoms with van der Waals surface area (Å²) in [5, 5.41) is 8.80. The van der Waals surface area contributed by atoms with Gasteiger partial charge in [0, 0.05) is 14.2 Å². The molecule has 0 amide bonds. The average molecular weight is 121 g/mol. The van der Waals surface area contributed by atoms with Crippen LogP contribution in [0.4, 0.5) is 0 Å². The lowest BCUT2D eigenvalue weighted by Gasteiger charge is -2.05. The van der Waals surface area contributed by atoms with Crippen molar-refractivity contribution in [1.29, 1.82) is 0 Å². The van der Waals surface area contributed by atoms with Crippen LogP contribution in [0.15, 0.2) is 0 Å². The Morgan fingerprint density at radius 1 is 1.25 bits per heavy atom. The van der Waals surface area contributed by atoms with Gasteiger partial charge in [-0.1, -0.05) is 0 Å². The fourth-order valence-electron chi connectivity index (χ4n) is 0.433. The summed E-state index contributed by atoms with van der Waals surface area (Å²) in [6.45, 7) is 0.682. The van der Waals surface area contributed by atoms with E-state index in [-0.39, 0.29) is 0 Å². The van der Waals surface area contributed by atoms with Crippen LogP contribution >= 0.6 is 0 Å². The largest absolute Gasteiger partial charge is 0.388 e. The zero-order valence-corrected chi connectivity index (χ0v) is 5.26. The van der Waals surface area contributed by atoms with E-state index in [1.165, 1.54) is 0 Å². The fraction of sp³-hybridized carbons (Fsp3) is 1.00. The number of methoxy groups -OCH3 is 2. The van der Waals surface area contributed by atoms with E-state index < -0.39 is 6.10 Å². The van der Waals surface area contributed by atoms with E-state index >= 15 is 0 Å². The van der Waals surface area contributed by atoms with Gasteiger partial charge >= 0.3 is 0 Å². The van der Waals surface area contributed by atoms with Crippen LogP contribution in [0.3, 0.4) is 0 Å². The number of hydrogen-bond donors (Lipinski definition) is 1. The van der Waals surface area contributed by atoms with Gasteiger partial charge in [-0.3, -0.25) is 0 Å². The highest BCUT2D eigenvalue weighted by Crippen LogP contribution is 1.82. The highest BCUT2D eigenvalue weighted by atomic mass is 16.5. The molecule has 0 rings (SSSR count). The first-order valence-corrected chi connectivity index (χ1v) is 2.47. The molecular weight excluding hydrogens is 109 g/mol. The van der Waals surface area contributed by atoms with Crippen LogP contribution in [0.1, 0.15) is 0 Å². The van der Waals surface area contributed by atoms with Crippen molar-refractivity contribution >= 4 is 0 Å². The van der Waals surface area contributed by atoms with Gasteiger partial charge in [-0.05, 0) is 0 Å². The number of rotatable bonds is 4. The zero-order chi connectivity index (χ0) is 6.41. The number of aliphatic hydroxyl groups is 1. The summed E-state index contributed by atoms with van der Waals surface area (Å²) >= 11 is 0. The fourth-order valence-corrected chi connectivity index (χ4v) is 0.433. The molecule has 0 aliphatic rings. The number of ether oxygens (including phenoxy) is 2. The van der Waals surface area contributed by atoms with Crippen LogP contribution in [0.2, 0.25) is 0 Å². The summed E-state index contributed by atoms with van der Waals surface area (Å²) in [4.78, 5) is 0. The van der Waals surface area contributed by atoms with E-state index in [0.717, 1.165) is 0 Å². The van der Waals surface area contributed by atoms with Crippen LogP contribution in [0.5, 0.6) is 0 Å². The molecule has 0 heterocycles. The van der Waals surface area contributed by atoms with Crippen LogP contribution in [0, 0.1) is 0 Å². The Hall–Kier alpha value is -0.120. The van der Waals surface area contributed by atoms with Crippen molar-refractivity contribution < 1.29 is 14.6 Å². The van der Waals surface area contributed by atoms with Crippen LogP contribution in [0.25, 0.3) is 0 Å². The van der Waals surface area contributed by atoms with Gasteiger partial charge in [-0.25, -0.2) is 0 Å². The van der Waals surface area contributed by atoms with E-state index in [2.05, 4.69) is 9.47 Å². The maximum atomic E-state index is 8.80. The van der Waals surface area contributed by atoms with Crippen molar-refractivity contribution in [1.82, 2.24) is 0 Å². The van der Waals surface area contributed by atoms with Crippen molar-refractivity contribution in [2.24, 2.45) is 0 Å². The molecule has 0 saturated carbocycles. The van der Waals surface area contributed by atoms with Crippen molar-refractivity contribution in [3.63, 3.8) is 0 Å². The molecule has 1 N–H and O–H groups in total. The molecule has 0 aromatic rings. The Labute approximate surface area is 49.2 Å². The zero-order valence-electron chi connectivity index (χ0n) is 5.26. The summed E-state index contributed by atoms with van der Waals surface area (Å²) in [5.74, 6) is 0. The second-order valence-corrected chi connectivity index (χ2v) is 1.56. The number of aliphatic hydroxyl groups excluding tert-OH is 1. The lowest BCUT2D eigenvalue weighted by atomic mass is 10.4. The Bertz CT molecular complexity index is 40.9. The molecule has 0 fully saturated rings. The molecular formula is C5H12O3. The summed E-state index contributed by atoms with van der Waals surface area (Å²) in [6, 6.07) is 0. The third kappa shape index (κ3) is 4.05. The van der Waals surface area contributed by atoms with Gasteiger partial charge in [0.15, 0.2) is 0 Å². The summed E-state index contributed by atoms with van der Waals surface area (Å²) in [7, 11) is 3.08. The molecule has 50 valence electrons. The van der Waals surface area contributed by atoms with E-state index in [1.54, 1.807) is 14.2 Å². The molecule has 0 saturated heterocycles. The Morgan fingerprint density at radius 2 is 1.62 bits per heavy atom. The maximum Gasteiger partial charge on any atom is 0.101 e. The molecule has 0 unspecified atom stereocenters. The second kappa shape index (κ2) is 5.03. The van der Waals surface area contributed by atoms with Crippen LogP contribution in [-0.2, 0) is 9.47 Å². The molecule has 8 heavy (non-hydrogen) atoms. The first-order valence-electron chi connectivity index (χ1n) is 2.47. The van der Waals surface area contributed by atoms with Gasteiger partial charge in [0.2, 0.25) is 0 Å². The number of hydrogen-bond acceptors (Lipinski definition) is 3. The molecule has 0 aromatic carbocycles. The third-order valence-corrected chi connectivity index (χ3v) is 0.718. The molecule has 3 heteroatoms. The van der Waals surface area contributed by atoms with Crippen LogP contribution in [-0.4, -0.2) is 38.6 Å². The van der Waals surface area contributed by atoms with E-state index in [4.69, 9.17) is 5.11 Å². The Morgan fingerprint density at radius 3 is 1.88 bits per heavy atom. The normalized spacial score (nSPS) is 13.9. The summed E-state index contributed by atoms with van der Waals surface area (Å²) in [5.41, 5.74) is 0. The molecule has 0 spiro atoms. The minimum absolute atomic E-state index is 0.341. The molecule has 1 atom stereocenters. The second-order valence-electron chi connectivity index (χ2n) is 1.56. The predicted molar refractivity (Wildman–Crippen MR) is 29.8 cm³/mol. The third-order valence-electron chi connectivity index (χ3n) is 0.718. The van der Waals surface area contributed by atoms with E-state index in [0.29, 0.717) is 13.2 Å². The molecule has 0 aliphatic heterocycles. The molecule has 0 aromatic heterocycles. The van der Waals surface area contributed by atoms with Crippen molar-refractivity contribution in [3.8, 4) is 0 Å². The van der Waals surface area contributed by atoms with E-state index in [9.17, 15) is 0 Å². The molecule has 0 aliphatic carbocycles. The SMILES string of the molecule is COC[C@H](O)CO[13CH3]. The van der Waals surface area contributed by atoms with Gasteiger partial charge in [0.25, 0.3) is 0 Å². The summed E-state index contributed by atoms with van der Waals surface area (Å²) in [6.07, 6.45) is -0.481. The monoisotopic (exact) mass is 121 g/mol. The lowest BCUT2D eigenvalue weighted by molar-refractivity contribution is 0.00980. The van der Waals surface area contributed by atoms with Gasteiger partial charge in [0.1, 0.15) is 6.10 Å². The smallest absolute Gasteiger partial charge is 0.101 e. The minimum Gasteiger partial charge on any atom is -0.388 e. The van der Waals surface area contributed by atoms with Crippen molar-refractivity contribution in [2.75, 3.05) is 27.4 Å². The topological polar surface area (TPSA) is 38.7 Å². The van der Waals surface area contributed by atoms with Gasteiger partial charge < -0.3 is 14.6 Å². The quantitative estimate of drug-likeness (QED) is 0.516. The average Bonchev–Trinajstić information content (AvgIpc) is 1.68. The van der Waals surface area contributed by atoms with Gasteiger partial charge in [-0.2, -0.15) is 0 Å². The lowest BCUT2D eigenvalue weighted by Crippen LogP contribution is -2.19. The predicted octanol–water partition coefficient (Wildman–Crippen LogP) is -0.360. The van der Waals surface area contributed by atoms with Crippen LogP contribution < -0.4 is 0 Å². The molecule has 3 nitrogen and oxygen atoms in total. The first kappa shape index (κ1) is 7.88. The van der Waals surface area contributed by atoms with E-state index in [1.807, 2.05) is 0 Å². The Balaban J connectivity index is 2.92.